The van der Waals surface area contributed by atoms with Crippen LogP contribution >= 0.6 is 0 Å². The van der Waals surface area contributed by atoms with Gasteiger partial charge in [0.2, 0.25) is 5.91 Å². The predicted molar refractivity (Wildman–Crippen MR) is 68.7 cm³/mol. The Kier molecular flexibility index (Phi) is 3.79. The number of nitrogens with one attached hydrogen (secondary N) is 1. The molecule has 1 saturated heterocycles. The van der Waals surface area contributed by atoms with Gasteiger partial charge in [0.05, 0.1) is 6.04 Å². The van der Waals surface area contributed by atoms with Crippen LogP contribution in [0, 0.1) is 6.92 Å². The molecule has 1 aliphatic heterocycles. The van der Waals surface area contributed by atoms with Crippen LogP contribution in [0.3, 0.4) is 0 Å². The van der Waals surface area contributed by atoms with E-state index in [1.54, 1.807) is 0 Å². The summed E-state index contributed by atoms with van der Waals surface area (Å²) in [6.45, 7) is 3.73. The Morgan fingerprint density at radius 3 is 3.00 bits per heavy atom. The fourth-order valence-corrected chi connectivity index (χ4v) is 2.32. The summed E-state index contributed by atoms with van der Waals surface area (Å²) in [5.41, 5.74) is 2.43. The molecule has 1 aromatic carbocycles. The van der Waals surface area contributed by atoms with Gasteiger partial charge in [-0.05, 0) is 31.9 Å². The molecule has 1 N–H and O–H groups in total. The van der Waals surface area contributed by atoms with Gasteiger partial charge in [-0.1, -0.05) is 29.8 Å². The molecule has 0 saturated carbocycles. The lowest BCUT2D eigenvalue weighted by molar-refractivity contribution is -0.132. The van der Waals surface area contributed by atoms with E-state index >= 15 is 0 Å². The summed E-state index contributed by atoms with van der Waals surface area (Å²) >= 11 is 0. The first-order chi connectivity index (χ1) is 8.16. The number of aryl methyl sites for hydroxylation is 1. The van der Waals surface area contributed by atoms with Crippen molar-refractivity contribution in [3.63, 3.8) is 0 Å². The van der Waals surface area contributed by atoms with E-state index < -0.39 is 0 Å². The Labute approximate surface area is 103 Å². The van der Waals surface area contributed by atoms with Crippen molar-refractivity contribution in [2.75, 3.05) is 13.6 Å². The number of carbonyl (C=O) groups excluding carboxylic acids is 1. The summed E-state index contributed by atoms with van der Waals surface area (Å²) in [4.78, 5) is 13.9. The summed E-state index contributed by atoms with van der Waals surface area (Å²) in [5, 5.41) is 3.24. The van der Waals surface area contributed by atoms with Gasteiger partial charge in [0.15, 0.2) is 0 Å². The average Bonchev–Trinajstić information content (AvgIpc) is 2.81. The number of hydrogen-bond donors (Lipinski definition) is 1. The molecule has 0 radical (unpaired) electrons. The second kappa shape index (κ2) is 5.32. The molecular formula is C14H20N2O. The van der Waals surface area contributed by atoms with Gasteiger partial charge < -0.3 is 10.2 Å². The van der Waals surface area contributed by atoms with Crippen LogP contribution in [0.4, 0.5) is 0 Å². The van der Waals surface area contributed by atoms with E-state index in [1.807, 2.05) is 18.0 Å². The Hall–Kier alpha value is -1.35. The van der Waals surface area contributed by atoms with Crippen molar-refractivity contribution in [3.05, 3.63) is 35.4 Å². The zero-order chi connectivity index (χ0) is 12.3. The van der Waals surface area contributed by atoms with E-state index in [1.165, 1.54) is 11.1 Å². The first-order valence-corrected chi connectivity index (χ1v) is 6.21. The molecule has 1 atom stereocenters. The highest BCUT2D eigenvalue weighted by atomic mass is 16.2. The molecule has 1 aromatic rings. The predicted octanol–water partition coefficient (Wildman–Crippen LogP) is 1.71. The average molecular weight is 232 g/mol. The number of carbonyl (C=O) groups is 1. The highest BCUT2D eigenvalue weighted by molar-refractivity contribution is 5.81. The lowest BCUT2D eigenvalue weighted by Crippen LogP contribution is -2.41. The van der Waals surface area contributed by atoms with Crippen molar-refractivity contribution in [1.29, 1.82) is 0 Å². The van der Waals surface area contributed by atoms with Gasteiger partial charge in [-0.25, -0.2) is 0 Å². The molecule has 1 amide bonds. The smallest absolute Gasteiger partial charge is 0.239 e. The third-order valence-electron chi connectivity index (χ3n) is 3.24. The number of likely N-dealkylation sites (N-methyl/N-ethyl adjacent to an activating group) is 1. The molecule has 1 fully saturated rings. The number of benzene rings is 1. The van der Waals surface area contributed by atoms with E-state index in [-0.39, 0.29) is 11.9 Å². The fraction of sp³-hybridized carbons (Fsp3) is 0.500. The van der Waals surface area contributed by atoms with Gasteiger partial charge >= 0.3 is 0 Å². The van der Waals surface area contributed by atoms with Gasteiger partial charge in [0.25, 0.3) is 0 Å². The van der Waals surface area contributed by atoms with Crippen LogP contribution in [0.2, 0.25) is 0 Å². The molecule has 0 spiro atoms. The normalized spacial score (nSPS) is 19.3. The van der Waals surface area contributed by atoms with Crippen molar-refractivity contribution < 1.29 is 4.79 Å². The van der Waals surface area contributed by atoms with Crippen LogP contribution < -0.4 is 5.32 Å². The van der Waals surface area contributed by atoms with E-state index in [0.717, 1.165) is 19.4 Å². The third-order valence-corrected chi connectivity index (χ3v) is 3.24. The minimum atomic E-state index is 0.0322. The van der Waals surface area contributed by atoms with Gasteiger partial charge in [-0.2, -0.15) is 0 Å². The maximum atomic E-state index is 12.1. The van der Waals surface area contributed by atoms with Crippen LogP contribution in [0.5, 0.6) is 0 Å². The highest BCUT2D eigenvalue weighted by Gasteiger charge is 2.24. The minimum Gasteiger partial charge on any atom is -0.340 e. The lowest BCUT2D eigenvalue weighted by atomic mass is 10.1. The number of nitrogens with zero attached hydrogens (tertiary/aromatic N) is 1. The van der Waals surface area contributed by atoms with Crippen LogP contribution in [-0.2, 0) is 11.3 Å². The first-order valence-electron chi connectivity index (χ1n) is 6.21. The van der Waals surface area contributed by atoms with Gasteiger partial charge in [0, 0.05) is 13.6 Å². The Morgan fingerprint density at radius 2 is 2.35 bits per heavy atom. The molecule has 92 valence electrons. The second-order valence-corrected chi connectivity index (χ2v) is 4.83. The van der Waals surface area contributed by atoms with Crippen LogP contribution in [-0.4, -0.2) is 30.4 Å². The van der Waals surface area contributed by atoms with Gasteiger partial charge in [-0.3, -0.25) is 4.79 Å². The van der Waals surface area contributed by atoms with Gasteiger partial charge in [0.1, 0.15) is 0 Å². The van der Waals surface area contributed by atoms with Gasteiger partial charge in [-0.15, -0.1) is 0 Å². The van der Waals surface area contributed by atoms with Crippen LogP contribution in [0.1, 0.15) is 24.0 Å². The summed E-state index contributed by atoms with van der Waals surface area (Å²) in [5.74, 6) is 0.212. The van der Waals surface area contributed by atoms with Crippen molar-refractivity contribution in [1.82, 2.24) is 10.2 Å². The molecule has 0 aromatic heterocycles. The summed E-state index contributed by atoms with van der Waals surface area (Å²) in [6, 6.07) is 8.34. The Bertz CT molecular complexity index is 397. The van der Waals surface area contributed by atoms with Crippen molar-refractivity contribution >= 4 is 5.91 Å². The topological polar surface area (TPSA) is 32.3 Å². The van der Waals surface area contributed by atoms with E-state index in [2.05, 4.69) is 30.4 Å². The molecular weight excluding hydrogens is 212 g/mol. The van der Waals surface area contributed by atoms with Crippen LogP contribution in [0.15, 0.2) is 24.3 Å². The van der Waals surface area contributed by atoms with Crippen molar-refractivity contribution in [3.8, 4) is 0 Å². The van der Waals surface area contributed by atoms with E-state index in [9.17, 15) is 4.79 Å². The summed E-state index contributed by atoms with van der Waals surface area (Å²) in [6.07, 6.45) is 2.08. The number of amides is 1. The quantitative estimate of drug-likeness (QED) is 0.860. The fourth-order valence-electron chi connectivity index (χ4n) is 2.32. The maximum Gasteiger partial charge on any atom is 0.239 e. The minimum absolute atomic E-state index is 0.0322. The number of hydrogen-bond acceptors (Lipinski definition) is 2. The van der Waals surface area contributed by atoms with Crippen LogP contribution in [0.25, 0.3) is 0 Å². The first kappa shape index (κ1) is 12.1. The molecule has 2 rings (SSSR count). The zero-order valence-electron chi connectivity index (χ0n) is 10.6. The monoisotopic (exact) mass is 232 g/mol. The third kappa shape index (κ3) is 3.07. The van der Waals surface area contributed by atoms with Crippen molar-refractivity contribution in [2.45, 2.75) is 32.4 Å². The van der Waals surface area contributed by atoms with E-state index in [4.69, 9.17) is 0 Å². The maximum absolute atomic E-state index is 12.1. The number of rotatable bonds is 3. The molecule has 1 heterocycles. The molecule has 17 heavy (non-hydrogen) atoms. The molecule has 0 bridgehead atoms. The van der Waals surface area contributed by atoms with Crippen molar-refractivity contribution in [2.24, 2.45) is 0 Å². The highest BCUT2D eigenvalue weighted by Crippen LogP contribution is 2.11. The Morgan fingerprint density at radius 1 is 1.53 bits per heavy atom. The summed E-state index contributed by atoms with van der Waals surface area (Å²) < 4.78 is 0. The summed E-state index contributed by atoms with van der Waals surface area (Å²) in [7, 11) is 1.88. The molecule has 1 unspecified atom stereocenters. The largest absolute Gasteiger partial charge is 0.340 e. The second-order valence-electron chi connectivity index (χ2n) is 4.83. The zero-order valence-corrected chi connectivity index (χ0v) is 10.6. The molecule has 0 aliphatic carbocycles. The Balaban J connectivity index is 1.96. The molecule has 1 aliphatic rings. The SMILES string of the molecule is Cc1cccc(CN(C)C(=O)C2CCCN2)c1. The molecule has 3 heteroatoms. The van der Waals surface area contributed by atoms with E-state index in [0.29, 0.717) is 6.54 Å². The molecule has 3 nitrogen and oxygen atoms in total. The lowest BCUT2D eigenvalue weighted by Gasteiger charge is -2.21. The standard InChI is InChI=1S/C14H20N2O/c1-11-5-3-6-12(9-11)10-16(2)14(17)13-7-4-8-15-13/h3,5-6,9,13,15H,4,7-8,10H2,1-2H3.